The maximum Gasteiger partial charge on any atom is 0.294 e. The smallest absolute Gasteiger partial charge is 0.294 e. The molecule has 0 saturated heterocycles. The highest BCUT2D eigenvalue weighted by Gasteiger charge is 2.20. The van der Waals surface area contributed by atoms with E-state index in [1.165, 1.54) is 22.7 Å². The molecule has 0 fully saturated rings. The molecule has 0 unspecified atom stereocenters. The number of carbonyl (C=O) groups excluding carboxylic acids is 1. The molecule has 1 aromatic carbocycles. The Morgan fingerprint density at radius 1 is 1.16 bits per heavy atom. The van der Waals surface area contributed by atoms with Crippen LogP contribution in [-0.2, 0) is 0 Å². The van der Waals surface area contributed by atoms with Gasteiger partial charge in [0.25, 0.3) is 11.5 Å². The first kappa shape index (κ1) is 15.6. The topological polar surface area (TPSA) is 95.1 Å². The summed E-state index contributed by atoms with van der Waals surface area (Å²) in [7, 11) is 0. The Hall–Kier alpha value is -2.97. The van der Waals surface area contributed by atoms with Crippen molar-refractivity contribution in [3.8, 4) is 16.5 Å². The lowest BCUT2D eigenvalue weighted by Gasteiger charge is -2.06. The van der Waals surface area contributed by atoms with Crippen LogP contribution in [0.15, 0.2) is 52.0 Å². The van der Waals surface area contributed by atoms with Gasteiger partial charge >= 0.3 is 0 Å². The average molecular weight is 369 g/mol. The molecule has 1 amide bonds. The van der Waals surface area contributed by atoms with E-state index in [-0.39, 0.29) is 11.5 Å². The first-order valence-corrected chi connectivity index (χ1v) is 9.04. The summed E-state index contributed by atoms with van der Waals surface area (Å²) in [4.78, 5) is 31.8. The van der Waals surface area contributed by atoms with E-state index in [1.807, 2.05) is 41.1 Å². The zero-order valence-corrected chi connectivity index (χ0v) is 14.3. The van der Waals surface area contributed by atoms with Gasteiger partial charge in [0, 0.05) is 15.5 Å². The number of hydrogen-bond acceptors (Lipinski definition) is 6. The van der Waals surface area contributed by atoms with Crippen molar-refractivity contribution in [1.82, 2.24) is 9.97 Å². The van der Waals surface area contributed by atoms with Crippen molar-refractivity contribution < 1.29 is 9.90 Å². The van der Waals surface area contributed by atoms with Crippen LogP contribution < -0.4 is 10.9 Å². The highest BCUT2D eigenvalue weighted by Crippen LogP contribution is 2.30. The van der Waals surface area contributed by atoms with Gasteiger partial charge in [-0.2, -0.15) is 0 Å². The predicted molar refractivity (Wildman–Crippen MR) is 99.6 cm³/mol. The number of rotatable bonds is 3. The van der Waals surface area contributed by atoms with Crippen molar-refractivity contribution in [3.63, 3.8) is 0 Å². The molecule has 0 bridgehead atoms. The third kappa shape index (κ3) is 2.81. The van der Waals surface area contributed by atoms with Crippen molar-refractivity contribution >= 4 is 44.4 Å². The molecular formula is C17H11N3O3S2. The molecule has 25 heavy (non-hydrogen) atoms. The first-order chi connectivity index (χ1) is 12.1. The minimum atomic E-state index is -0.751. The standard InChI is InChI=1S/C17H11N3O3S2/c21-14-13(19-15(20-17(14)23)12-6-3-7-24-12)16(22)18-10-8-25-11-5-2-1-4-9(10)11/h1-8,21H,(H,18,22)(H,19,20,23). The normalized spacial score (nSPS) is 10.9. The summed E-state index contributed by atoms with van der Waals surface area (Å²) in [6.07, 6.45) is 0. The summed E-state index contributed by atoms with van der Waals surface area (Å²) in [5.74, 6) is -1.08. The van der Waals surface area contributed by atoms with Crippen molar-refractivity contribution in [2.75, 3.05) is 5.32 Å². The monoisotopic (exact) mass is 369 g/mol. The number of anilines is 1. The molecule has 4 rings (SSSR count). The lowest BCUT2D eigenvalue weighted by Crippen LogP contribution is -2.20. The molecule has 124 valence electrons. The largest absolute Gasteiger partial charge is 0.501 e. The Bertz CT molecular complexity index is 1130. The fourth-order valence-electron chi connectivity index (χ4n) is 2.41. The lowest BCUT2D eigenvalue weighted by atomic mass is 10.2. The maximum absolute atomic E-state index is 12.6. The van der Waals surface area contributed by atoms with Crippen molar-refractivity contribution in [3.05, 3.63) is 63.2 Å². The summed E-state index contributed by atoms with van der Waals surface area (Å²) in [6, 6.07) is 11.2. The second-order valence-corrected chi connectivity index (χ2v) is 7.05. The highest BCUT2D eigenvalue weighted by atomic mass is 32.1. The van der Waals surface area contributed by atoms with Crippen LogP contribution in [0, 0.1) is 0 Å². The number of fused-ring (bicyclic) bond motifs is 1. The number of nitrogens with one attached hydrogen (secondary N) is 2. The van der Waals surface area contributed by atoms with Gasteiger partial charge in [0.15, 0.2) is 11.5 Å². The van der Waals surface area contributed by atoms with Crippen molar-refractivity contribution in [2.24, 2.45) is 0 Å². The predicted octanol–water partition coefficient (Wildman–Crippen LogP) is 3.67. The summed E-state index contributed by atoms with van der Waals surface area (Å²) >= 11 is 2.87. The van der Waals surface area contributed by atoms with Crippen molar-refractivity contribution in [1.29, 1.82) is 0 Å². The van der Waals surface area contributed by atoms with E-state index in [0.717, 1.165) is 10.1 Å². The molecule has 8 heteroatoms. The molecular weight excluding hydrogens is 358 g/mol. The highest BCUT2D eigenvalue weighted by molar-refractivity contribution is 7.17. The number of hydrogen-bond donors (Lipinski definition) is 3. The third-order valence-electron chi connectivity index (χ3n) is 3.59. The molecule has 0 spiro atoms. The molecule has 0 aliphatic carbocycles. The van der Waals surface area contributed by atoms with Crippen LogP contribution in [-0.4, -0.2) is 21.0 Å². The van der Waals surface area contributed by atoms with E-state index < -0.39 is 17.2 Å². The van der Waals surface area contributed by atoms with E-state index in [4.69, 9.17) is 0 Å². The molecule has 0 atom stereocenters. The Morgan fingerprint density at radius 2 is 2.00 bits per heavy atom. The summed E-state index contributed by atoms with van der Waals surface area (Å²) in [6.45, 7) is 0. The van der Waals surface area contributed by atoms with E-state index in [1.54, 1.807) is 6.07 Å². The van der Waals surface area contributed by atoms with Crippen LogP contribution in [0.4, 0.5) is 5.69 Å². The number of nitrogens with zero attached hydrogens (tertiary/aromatic N) is 1. The van der Waals surface area contributed by atoms with Gasteiger partial charge < -0.3 is 15.4 Å². The Morgan fingerprint density at radius 3 is 2.80 bits per heavy atom. The van der Waals surface area contributed by atoms with Gasteiger partial charge in [0.2, 0.25) is 5.75 Å². The quantitative estimate of drug-likeness (QED) is 0.513. The summed E-state index contributed by atoms with van der Waals surface area (Å²) in [5, 5.41) is 17.2. The van der Waals surface area contributed by atoms with Crippen molar-refractivity contribution in [2.45, 2.75) is 0 Å². The van der Waals surface area contributed by atoms with Gasteiger partial charge in [-0.15, -0.1) is 22.7 Å². The third-order valence-corrected chi connectivity index (χ3v) is 5.43. The number of aromatic amines is 1. The fourth-order valence-corrected chi connectivity index (χ4v) is 3.97. The molecule has 0 aliphatic rings. The number of aromatic hydroxyl groups is 1. The molecule has 0 aliphatic heterocycles. The minimum Gasteiger partial charge on any atom is -0.501 e. The van der Waals surface area contributed by atoms with Crippen LogP contribution >= 0.6 is 22.7 Å². The van der Waals surface area contributed by atoms with Crippen LogP contribution in [0.3, 0.4) is 0 Å². The molecule has 0 radical (unpaired) electrons. The first-order valence-electron chi connectivity index (χ1n) is 7.28. The van der Waals surface area contributed by atoms with E-state index in [0.29, 0.717) is 10.6 Å². The Labute approximate surface area is 149 Å². The van der Waals surface area contributed by atoms with E-state index in [2.05, 4.69) is 15.3 Å². The number of aromatic nitrogens is 2. The second kappa shape index (κ2) is 6.15. The maximum atomic E-state index is 12.6. The van der Waals surface area contributed by atoms with Gasteiger partial charge in [0.05, 0.1) is 10.6 Å². The van der Waals surface area contributed by atoms with Gasteiger partial charge in [-0.3, -0.25) is 9.59 Å². The SMILES string of the molecule is O=C(Nc1csc2ccccc12)c1nc(-c2cccs2)[nH]c(=O)c1O. The zero-order valence-electron chi connectivity index (χ0n) is 12.6. The van der Waals surface area contributed by atoms with Crippen LogP contribution in [0.1, 0.15) is 10.5 Å². The molecule has 6 nitrogen and oxygen atoms in total. The fraction of sp³-hybridized carbons (Fsp3) is 0. The number of benzene rings is 1. The molecule has 3 heterocycles. The number of thiophene rings is 2. The number of amides is 1. The minimum absolute atomic E-state index is 0.248. The summed E-state index contributed by atoms with van der Waals surface area (Å²) < 4.78 is 1.03. The van der Waals surface area contributed by atoms with Crippen LogP contribution in [0.5, 0.6) is 5.75 Å². The van der Waals surface area contributed by atoms with Gasteiger partial charge in [-0.25, -0.2) is 4.98 Å². The van der Waals surface area contributed by atoms with E-state index >= 15 is 0 Å². The second-order valence-electron chi connectivity index (χ2n) is 5.19. The average Bonchev–Trinajstić information content (AvgIpc) is 3.28. The number of carbonyl (C=O) groups is 1. The molecule has 0 saturated carbocycles. The Balaban J connectivity index is 1.74. The van der Waals surface area contributed by atoms with E-state index in [9.17, 15) is 14.7 Å². The Kier molecular flexibility index (Phi) is 3.83. The zero-order chi connectivity index (χ0) is 17.4. The molecule has 4 aromatic rings. The number of H-pyrrole nitrogens is 1. The molecule has 3 aromatic heterocycles. The van der Waals surface area contributed by atoms with Gasteiger partial charge in [-0.1, -0.05) is 24.3 Å². The van der Waals surface area contributed by atoms with Crippen LogP contribution in [0.2, 0.25) is 0 Å². The van der Waals surface area contributed by atoms with Gasteiger partial charge in [-0.05, 0) is 17.5 Å². The lowest BCUT2D eigenvalue weighted by molar-refractivity contribution is 0.101. The summed E-state index contributed by atoms with van der Waals surface area (Å²) in [5.41, 5.74) is -0.439. The van der Waals surface area contributed by atoms with Crippen LogP contribution in [0.25, 0.3) is 20.8 Å². The van der Waals surface area contributed by atoms with Gasteiger partial charge in [0.1, 0.15) is 0 Å². The molecule has 3 N–H and O–H groups in total.